The minimum absolute atomic E-state index is 0.0395. The van der Waals surface area contributed by atoms with Crippen molar-refractivity contribution in [3.8, 4) is 17.0 Å². The Morgan fingerprint density at radius 2 is 1.54 bits per heavy atom. The molecule has 4 aromatic rings. The molecule has 71 heavy (non-hydrogen) atoms. The van der Waals surface area contributed by atoms with Crippen LogP contribution >= 0.6 is 11.3 Å². The standard InChI is InChI=1S/C53H68F2N8O7S/c1-36(56-2)49(66)61-47(37-17-8-5-9-18-37)51(68)63-28-16-23-43(63)50(67)60-44(33-64)53(38-19-10-6-11-20-38,39-21-12-7-13-22-39)58-27-15-4-3-14-26-57-45(65)34-70-48-40(24-25-41(54)46(48)55)42-35-71-52(59-42)62-29-31-69-32-30-62/h6-7,10-13,19-22,24-25,33,35-37,43-44,47,56,58H,3-5,8-9,14-18,23,26-32,34H2,1-2H3,(H,57,65)(H,60,67)(H,61,66)/t36-,43-,44+,47-/m0/s1. The highest BCUT2D eigenvalue weighted by Gasteiger charge is 2.46. The van der Waals surface area contributed by atoms with Gasteiger partial charge in [0.25, 0.3) is 5.91 Å². The van der Waals surface area contributed by atoms with Gasteiger partial charge in [-0.05, 0) is 88.2 Å². The van der Waals surface area contributed by atoms with Crippen molar-refractivity contribution < 1.29 is 42.2 Å². The van der Waals surface area contributed by atoms with Gasteiger partial charge in [0.05, 0.1) is 30.5 Å². The number of nitrogens with one attached hydrogen (secondary N) is 5. The van der Waals surface area contributed by atoms with Crippen LogP contribution < -0.4 is 36.2 Å². The predicted molar refractivity (Wildman–Crippen MR) is 269 cm³/mol. The van der Waals surface area contributed by atoms with Crippen molar-refractivity contribution in [1.29, 1.82) is 0 Å². The largest absolute Gasteiger partial charge is 0.480 e. The van der Waals surface area contributed by atoms with Crippen molar-refractivity contribution >= 4 is 46.4 Å². The van der Waals surface area contributed by atoms with Crippen LogP contribution in [0.4, 0.5) is 13.9 Å². The lowest BCUT2D eigenvalue weighted by Gasteiger charge is -2.41. The fraction of sp³-hybridized carbons (Fsp3) is 0.509. The van der Waals surface area contributed by atoms with E-state index in [1.807, 2.05) is 60.7 Å². The summed E-state index contributed by atoms with van der Waals surface area (Å²) in [5, 5.41) is 18.1. The third kappa shape index (κ3) is 13.2. The zero-order valence-electron chi connectivity index (χ0n) is 40.8. The number of ether oxygens (including phenoxy) is 2. The van der Waals surface area contributed by atoms with E-state index in [0.717, 1.165) is 73.6 Å². The van der Waals surface area contributed by atoms with Crippen LogP contribution in [-0.4, -0.2) is 124 Å². The molecule has 4 atom stereocenters. The van der Waals surface area contributed by atoms with E-state index in [1.54, 1.807) is 24.3 Å². The van der Waals surface area contributed by atoms with E-state index in [2.05, 4.69) is 36.5 Å². The molecule has 1 aromatic heterocycles. The van der Waals surface area contributed by atoms with Crippen LogP contribution in [0.25, 0.3) is 11.3 Å². The lowest BCUT2D eigenvalue weighted by atomic mass is 9.76. The number of nitrogens with zero attached hydrogens (tertiary/aromatic N) is 3. The molecule has 7 rings (SSSR count). The SMILES string of the molecule is CN[C@@H](C)C(=O)N[C@H](C(=O)N1CCC[C@H]1C(=O)N[C@H](C=O)C(NCCCCCCNC(=O)COc1c(-c2csc(N3CCOCC3)n2)ccc(F)c1F)(c1ccccc1)c1ccccc1)C1CCCCC1. The number of hydrogen-bond acceptors (Lipinski definition) is 12. The van der Waals surface area contributed by atoms with Crippen LogP contribution in [-0.2, 0) is 34.2 Å². The summed E-state index contributed by atoms with van der Waals surface area (Å²) < 4.78 is 40.5. The van der Waals surface area contributed by atoms with Crippen LogP contribution in [0.15, 0.2) is 78.2 Å². The second-order valence-electron chi connectivity index (χ2n) is 18.6. The second-order valence-corrected chi connectivity index (χ2v) is 19.4. The third-order valence-electron chi connectivity index (χ3n) is 14.0. The van der Waals surface area contributed by atoms with Gasteiger partial charge in [0.2, 0.25) is 23.5 Å². The number of thiazole rings is 1. The summed E-state index contributed by atoms with van der Waals surface area (Å²) in [5.41, 5.74) is 0.999. The van der Waals surface area contributed by atoms with E-state index in [0.29, 0.717) is 77.3 Å². The molecule has 2 aliphatic heterocycles. The maximum Gasteiger partial charge on any atom is 0.257 e. The van der Waals surface area contributed by atoms with Crippen LogP contribution in [0, 0.1) is 17.6 Å². The number of hydrogen-bond donors (Lipinski definition) is 5. The number of benzene rings is 3. The topological polar surface area (TPSA) is 183 Å². The number of carbonyl (C=O) groups excluding carboxylic acids is 5. The minimum atomic E-state index is -1.20. The lowest BCUT2D eigenvalue weighted by Crippen LogP contribution is -2.63. The Bertz CT molecular complexity index is 2340. The Kier molecular flexibility index (Phi) is 19.4. The Hall–Kier alpha value is -5.82. The number of carbonyl (C=O) groups is 5. The molecule has 2 saturated heterocycles. The van der Waals surface area contributed by atoms with Gasteiger partial charge >= 0.3 is 0 Å². The van der Waals surface area contributed by atoms with Gasteiger partial charge in [0, 0.05) is 37.1 Å². The van der Waals surface area contributed by atoms with Gasteiger partial charge in [-0.15, -0.1) is 11.3 Å². The van der Waals surface area contributed by atoms with Gasteiger partial charge in [0.1, 0.15) is 24.4 Å². The molecule has 3 aromatic carbocycles. The number of amides is 4. The molecule has 5 N–H and O–H groups in total. The quantitative estimate of drug-likeness (QED) is 0.0419. The molecule has 0 unspecified atom stereocenters. The fourth-order valence-electron chi connectivity index (χ4n) is 9.94. The Morgan fingerprint density at radius 3 is 2.20 bits per heavy atom. The molecule has 0 bridgehead atoms. The van der Waals surface area contributed by atoms with Gasteiger partial charge in [-0.3, -0.25) is 19.2 Å². The molecule has 3 aliphatic rings. The Balaban J connectivity index is 0.958. The van der Waals surface area contributed by atoms with E-state index < -0.39 is 59.8 Å². The van der Waals surface area contributed by atoms with Crippen molar-refractivity contribution in [3.05, 3.63) is 101 Å². The molecule has 15 nitrogen and oxygen atoms in total. The number of likely N-dealkylation sites (tertiary alicyclic amines) is 1. The number of anilines is 1. The van der Waals surface area contributed by atoms with E-state index >= 15 is 4.39 Å². The number of aromatic nitrogens is 1. The summed E-state index contributed by atoms with van der Waals surface area (Å²) in [6.07, 6.45) is 9.27. The summed E-state index contributed by atoms with van der Waals surface area (Å²) in [6.45, 7) is 4.89. The normalized spacial score (nSPS) is 17.8. The first-order valence-electron chi connectivity index (χ1n) is 25.1. The maximum atomic E-state index is 15.1. The van der Waals surface area contributed by atoms with Crippen molar-refractivity contribution in [2.75, 3.05) is 64.5 Å². The smallest absolute Gasteiger partial charge is 0.257 e. The van der Waals surface area contributed by atoms with E-state index in [4.69, 9.17) is 9.47 Å². The molecule has 1 saturated carbocycles. The van der Waals surface area contributed by atoms with Crippen LogP contribution in [0.2, 0.25) is 0 Å². The first-order chi connectivity index (χ1) is 34.5. The van der Waals surface area contributed by atoms with Gasteiger partial charge in [-0.2, -0.15) is 4.39 Å². The first-order valence-corrected chi connectivity index (χ1v) is 26.0. The minimum Gasteiger partial charge on any atom is -0.480 e. The van der Waals surface area contributed by atoms with Gasteiger partial charge in [-0.25, -0.2) is 9.37 Å². The van der Waals surface area contributed by atoms with E-state index in [-0.39, 0.29) is 29.0 Å². The second kappa shape index (κ2) is 26.0. The first kappa shape index (κ1) is 53.0. The summed E-state index contributed by atoms with van der Waals surface area (Å²) >= 11 is 1.38. The van der Waals surface area contributed by atoms with Crippen LogP contribution in [0.5, 0.6) is 5.75 Å². The van der Waals surface area contributed by atoms with Crippen molar-refractivity contribution in [1.82, 2.24) is 36.5 Å². The van der Waals surface area contributed by atoms with Crippen LogP contribution in [0.1, 0.15) is 88.7 Å². The monoisotopic (exact) mass is 998 g/mol. The van der Waals surface area contributed by atoms with Crippen molar-refractivity contribution in [2.24, 2.45) is 5.92 Å². The van der Waals surface area contributed by atoms with Gasteiger partial charge < -0.3 is 50.7 Å². The summed E-state index contributed by atoms with van der Waals surface area (Å²) in [4.78, 5) is 76.8. The molecule has 0 spiro atoms. The number of likely N-dealkylation sites (N-methyl/N-ethyl adjacent to an activating group) is 1. The molecule has 3 heterocycles. The number of unbranched alkanes of at least 4 members (excludes halogenated alkanes) is 3. The molecule has 4 amide bonds. The van der Waals surface area contributed by atoms with E-state index in [1.165, 1.54) is 17.4 Å². The Morgan fingerprint density at radius 1 is 0.859 bits per heavy atom. The van der Waals surface area contributed by atoms with Gasteiger partial charge in [-0.1, -0.05) is 92.8 Å². The molecular weight excluding hydrogens is 931 g/mol. The average molecular weight is 999 g/mol. The highest BCUT2D eigenvalue weighted by atomic mass is 32.1. The molecule has 1 aliphatic carbocycles. The predicted octanol–water partition coefficient (Wildman–Crippen LogP) is 5.86. The number of rotatable bonds is 24. The Labute approximate surface area is 419 Å². The van der Waals surface area contributed by atoms with E-state index in [9.17, 15) is 28.4 Å². The molecule has 0 radical (unpaired) electrons. The highest BCUT2D eigenvalue weighted by Crippen LogP contribution is 2.37. The van der Waals surface area contributed by atoms with Crippen molar-refractivity contribution in [2.45, 2.75) is 107 Å². The zero-order valence-corrected chi connectivity index (χ0v) is 41.6. The molecule has 382 valence electrons. The molecular formula is C53H68F2N8O7S. The zero-order chi connectivity index (χ0) is 50.2. The number of halogens is 2. The molecule has 18 heteroatoms. The lowest BCUT2D eigenvalue weighted by molar-refractivity contribution is -0.143. The molecule has 3 fully saturated rings. The summed E-state index contributed by atoms with van der Waals surface area (Å²) in [6, 6.07) is 18.3. The van der Waals surface area contributed by atoms with Crippen molar-refractivity contribution in [3.63, 3.8) is 0 Å². The number of aldehydes is 1. The average Bonchev–Trinajstić information content (AvgIpc) is 4.12. The highest BCUT2D eigenvalue weighted by molar-refractivity contribution is 7.14. The van der Waals surface area contributed by atoms with Crippen LogP contribution in [0.3, 0.4) is 0 Å². The maximum absolute atomic E-state index is 15.1. The summed E-state index contributed by atoms with van der Waals surface area (Å²) in [7, 11) is 1.70. The third-order valence-corrected chi connectivity index (χ3v) is 14.9. The number of morpholine rings is 1. The van der Waals surface area contributed by atoms with Gasteiger partial charge in [0.15, 0.2) is 23.3 Å². The summed E-state index contributed by atoms with van der Waals surface area (Å²) in [5.74, 6) is -4.15. The fourth-order valence-corrected chi connectivity index (χ4v) is 10.8.